The summed E-state index contributed by atoms with van der Waals surface area (Å²) >= 11 is 0. The second-order valence-electron chi connectivity index (χ2n) is 4.19. The summed E-state index contributed by atoms with van der Waals surface area (Å²) in [6.45, 7) is 8.38. The molecule has 1 heteroatoms. The smallest absolute Gasteiger partial charge is 0.0101 e. The SMILES string of the molecule is CC(C)N1CC2CC2C1C. The van der Waals surface area contributed by atoms with Gasteiger partial charge in [-0.3, -0.25) is 4.90 Å². The summed E-state index contributed by atoms with van der Waals surface area (Å²) < 4.78 is 0. The van der Waals surface area contributed by atoms with Gasteiger partial charge in [0.05, 0.1) is 0 Å². The van der Waals surface area contributed by atoms with E-state index in [2.05, 4.69) is 25.7 Å². The van der Waals surface area contributed by atoms with Crippen molar-refractivity contribution in [1.29, 1.82) is 0 Å². The molecule has 0 aromatic carbocycles. The van der Waals surface area contributed by atoms with Gasteiger partial charge in [0.2, 0.25) is 0 Å². The van der Waals surface area contributed by atoms with Gasteiger partial charge in [0.25, 0.3) is 0 Å². The number of likely N-dealkylation sites (tertiary alicyclic amines) is 1. The maximum Gasteiger partial charge on any atom is 0.0101 e. The van der Waals surface area contributed by atoms with Crippen molar-refractivity contribution in [2.24, 2.45) is 11.8 Å². The zero-order chi connectivity index (χ0) is 7.30. The van der Waals surface area contributed by atoms with Crippen LogP contribution in [0.15, 0.2) is 0 Å². The number of hydrogen-bond donors (Lipinski definition) is 0. The number of nitrogens with zero attached hydrogens (tertiary/aromatic N) is 1. The first kappa shape index (κ1) is 6.66. The zero-order valence-corrected chi connectivity index (χ0v) is 7.17. The van der Waals surface area contributed by atoms with Crippen LogP contribution in [0.2, 0.25) is 0 Å². The van der Waals surface area contributed by atoms with Gasteiger partial charge in [-0.25, -0.2) is 0 Å². The Kier molecular flexibility index (Phi) is 1.31. The van der Waals surface area contributed by atoms with Crippen LogP contribution in [0.3, 0.4) is 0 Å². The Balaban J connectivity index is 2.00. The molecule has 0 radical (unpaired) electrons. The summed E-state index contributed by atoms with van der Waals surface area (Å²) in [7, 11) is 0. The number of fused-ring (bicyclic) bond motifs is 1. The highest BCUT2D eigenvalue weighted by Gasteiger charge is 2.50. The third-order valence-corrected chi connectivity index (χ3v) is 3.23. The largest absolute Gasteiger partial charge is 0.298 e. The van der Waals surface area contributed by atoms with Crippen LogP contribution in [-0.2, 0) is 0 Å². The van der Waals surface area contributed by atoms with Gasteiger partial charge in [0.1, 0.15) is 0 Å². The Hall–Kier alpha value is -0.0400. The highest BCUT2D eigenvalue weighted by molar-refractivity contribution is 5.02. The van der Waals surface area contributed by atoms with Crippen LogP contribution >= 0.6 is 0 Å². The van der Waals surface area contributed by atoms with Crippen LogP contribution in [-0.4, -0.2) is 23.5 Å². The van der Waals surface area contributed by atoms with Crippen molar-refractivity contribution in [2.45, 2.75) is 39.3 Å². The minimum Gasteiger partial charge on any atom is -0.298 e. The van der Waals surface area contributed by atoms with Crippen LogP contribution in [0.5, 0.6) is 0 Å². The Labute approximate surface area is 63.4 Å². The molecule has 1 heterocycles. The normalized spacial score (nSPS) is 46.2. The van der Waals surface area contributed by atoms with E-state index < -0.39 is 0 Å². The second-order valence-corrected chi connectivity index (χ2v) is 4.19. The first-order valence-electron chi connectivity index (χ1n) is 4.46. The molecule has 0 amide bonds. The van der Waals surface area contributed by atoms with E-state index in [1.807, 2.05) is 0 Å². The molecule has 3 unspecified atom stereocenters. The van der Waals surface area contributed by atoms with Gasteiger partial charge in [-0.05, 0) is 39.0 Å². The molecule has 0 spiro atoms. The van der Waals surface area contributed by atoms with Crippen molar-refractivity contribution >= 4 is 0 Å². The Morgan fingerprint density at radius 3 is 2.40 bits per heavy atom. The van der Waals surface area contributed by atoms with Crippen LogP contribution < -0.4 is 0 Å². The fourth-order valence-electron chi connectivity index (χ4n) is 2.44. The molecule has 1 saturated carbocycles. The molecule has 10 heavy (non-hydrogen) atoms. The Bertz CT molecular complexity index is 142. The number of rotatable bonds is 1. The third-order valence-electron chi connectivity index (χ3n) is 3.23. The topological polar surface area (TPSA) is 3.24 Å². The molecule has 1 saturated heterocycles. The van der Waals surface area contributed by atoms with Gasteiger partial charge in [-0.15, -0.1) is 0 Å². The lowest BCUT2D eigenvalue weighted by Gasteiger charge is -2.27. The van der Waals surface area contributed by atoms with Gasteiger partial charge in [0.15, 0.2) is 0 Å². The first-order chi connectivity index (χ1) is 4.70. The average molecular weight is 139 g/mol. The van der Waals surface area contributed by atoms with E-state index in [-0.39, 0.29) is 0 Å². The van der Waals surface area contributed by atoms with Crippen LogP contribution in [0.4, 0.5) is 0 Å². The lowest BCUT2D eigenvalue weighted by Crippen LogP contribution is -2.36. The summed E-state index contributed by atoms with van der Waals surface area (Å²) in [6.07, 6.45) is 1.52. The predicted molar refractivity (Wildman–Crippen MR) is 42.9 cm³/mol. The van der Waals surface area contributed by atoms with Crippen molar-refractivity contribution in [3.05, 3.63) is 0 Å². The molecule has 1 nitrogen and oxygen atoms in total. The van der Waals surface area contributed by atoms with E-state index in [9.17, 15) is 0 Å². The number of piperidine rings is 1. The summed E-state index contributed by atoms with van der Waals surface area (Å²) in [5, 5.41) is 0. The average Bonchev–Trinajstić information content (AvgIpc) is 2.54. The minimum absolute atomic E-state index is 0.766. The molecule has 2 aliphatic rings. The molecule has 1 aliphatic carbocycles. The van der Waals surface area contributed by atoms with Crippen molar-refractivity contribution < 1.29 is 0 Å². The van der Waals surface area contributed by atoms with E-state index in [0.29, 0.717) is 0 Å². The second kappa shape index (κ2) is 1.97. The highest BCUT2D eigenvalue weighted by Crippen LogP contribution is 2.49. The van der Waals surface area contributed by atoms with Crippen LogP contribution in [0.1, 0.15) is 27.2 Å². The first-order valence-corrected chi connectivity index (χ1v) is 4.46. The summed E-state index contributed by atoms with van der Waals surface area (Å²) in [5.74, 6) is 2.15. The van der Waals surface area contributed by atoms with Crippen molar-refractivity contribution in [2.75, 3.05) is 6.54 Å². The standard InChI is InChI=1S/C9H17N/c1-6(2)10-5-8-4-9(8)7(10)3/h6-9H,4-5H2,1-3H3. The van der Waals surface area contributed by atoms with Crippen molar-refractivity contribution in [3.8, 4) is 0 Å². The molecule has 0 bridgehead atoms. The highest BCUT2D eigenvalue weighted by atomic mass is 15.2. The van der Waals surface area contributed by atoms with Crippen LogP contribution in [0.25, 0.3) is 0 Å². The van der Waals surface area contributed by atoms with E-state index in [1.165, 1.54) is 13.0 Å². The molecule has 58 valence electrons. The molecule has 3 atom stereocenters. The van der Waals surface area contributed by atoms with E-state index in [0.717, 1.165) is 23.9 Å². The Morgan fingerprint density at radius 2 is 2.10 bits per heavy atom. The summed E-state index contributed by atoms with van der Waals surface area (Å²) in [4.78, 5) is 2.64. The summed E-state index contributed by atoms with van der Waals surface area (Å²) in [6, 6.07) is 1.65. The van der Waals surface area contributed by atoms with Gasteiger partial charge in [-0.2, -0.15) is 0 Å². The maximum absolute atomic E-state index is 2.64. The van der Waals surface area contributed by atoms with Gasteiger partial charge >= 0.3 is 0 Å². The minimum atomic E-state index is 0.766. The van der Waals surface area contributed by atoms with Gasteiger partial charge in [0, 0.05) is 18.6 Å². The van der Waals surface area contributed by atoms with E-state index in [4.69, 9.17) is 0 Å². The molecule has 0 aromatic rings. The molecule has 0 N–H and O–H groups in total. The lowest BCUT2D eigenvalue weighted by atomic mass is 10.2. The molecular weight excluding hydrogens is 122 g/mol. The molecule has 0 aromatic heterocycles. The molecule has 2 rings (SSSR count). The van der Waals surface area contributed by atoms with Crippen LogP contribution in [0, 0.1) is 11.8 Å². The van der Waals surface area contributed by atoms with Gasteiger partial charge < -0.3 is 0 Å². The molecular formula is C9H17N. The molecule has 2 fully saturated rings. The van der Waals surface area contributed by atoms with Gasteiger partial charge in [-0.1, -0.05) is 0 Å². The van der Waals surface area contributed by atoms with Crippen molar-refractivity contribution in [3.63, 3.8) is 0 Å². The van der Waals surface area contributed by atoms with E-state index >= 15 is 0 Å². The predicted octanol–water partition coefficient (Wildman–Crippen LogP) is 1.74. The third kappa shape index (κ3) is 0.800. The fraction of sp³-hybridized carbons (Fsp3) is 1.00. The quantitative estimate of drug-likeness (QED) is 0.535. The fourth-order valence-corrected chi connectivity index (χ4v) is 2.44. The molecule has 1 aliphatic heterocycles. The van der Waals surface area contributed by atoms with E-state index in [1.54, 1.807) is 0 Å². The summed E-state index contributed by atoms with van der Waals surface area (Å²) in [5.41, 5.74) is 0. The Morgan fingerprint density at radius 1 is 1.40 bits per heavy atom. The monoisotopic (exact) mass is 139 g/mol. The zero-order valence-electron chi connectivity index (χ0n) is 7.17. The van der Waals surface area contributed by atoms with Crippen molar-refractivity contribution in [1.82, 2.24) is 4.90 Å². The maximum atomic E-state index is 2.64. The number of hydrogen-bond acceptors (Lipinski definition) is 1. The lowest BCUT2D eigenvalue weighted by molar-refractivity contribution is 0.187.